The molecule has 1 aromatic carbocycles. The van der Waals surface area contributed by atoms with E-state index in [0.29, 0.717) is 38.3 Å². The summed E-state index contributed by atoms with van der Waals surface area (Å²) in [5.74, 6) is -0.0414. The Balaban J connectivity index is 1.68. The number of carboxylic acids is 1. The van der Waals surface area contributed by atoms with Crippen molar-refractivity contribution in [1.82, 2.24) is 4.90 Å². The van der Waals surface area contributed by atoms with E-state index >= 15 is 0 Å². The smallest absolute Gasteiger partial charge is 0.306 e. The lowest BCUT2D eigenvalue weighted by Gasteiger charge is -2.31. The Bertz CT molecular complexity index is 603. The van der Waals surface area contributed by atoms with E-state index in [1.165, 1.54) is 0 Å². The number of carbonyl (C=O) groups is 2. The van der Waals surface area contributed by atoms with Crippen molar-refractivity contribution < 1.29 is 19.4 Å². The molecular formula is C19H25NO4. The van der Waals surface area contributed by atoms with Crippen LogP contribution in [-0.4, -0.2) is 35.0 Å². The highest BCUT2D eigenvalue weighted by Gasteiger charge is 2.38. The van der Waals surface area contributed by atoms with Gasteiger partial charge in [-0.15, -0.1) is 0 Å². The largest absolute Gasteiger partial charge is 0.496 e. The van der Waals surface area contributed by atoms with Crippen LogP contribution in [0.25, 0.3) is 0 Å². The lowest BCUT2D eigenvalue weighted by atomic mass is 9.81. The lowest BCUT2D eigenvalue weighted by Crippen LogP contribution is -2.39. The molecule has 1 amide bonds. The SMILES string of the molecule is COc1ccccc1CN(C(=O)C1CCC(C(=O)O)CC1)C1CC1. The van der Waals surface area contributed by atoms with Crippen molar-refractivity contribution in [3.8, 4) is 5.75 Å². The van der Waals surface area contributed by atoms with Gasteiger partial charge in [-0.3, -0.25) is 9.59 Å². The zero-order valence-electron chi connectivity index (χ0n) is 14.1. The molecule has 24 heavy (non-hydrogen) atoms. The number of aliphatic carboxylic acids is 1. The molecule has 0 saturated heterocycles. The maximum absolute atomic E-state index is 13.0. The fourth-order valence-corrected chi connectivity index (χ4v) is 3.61. The van der Waals surface area contributed by atoms with Gasteiger partial charge in [-0.1, -0.05) is 18.2 Å². The number of hydrogen-bond donors (Lipinski definition) is 1. The van der Waals surface area contributed by atoms with E-state index in [1.54, 1.807) is 7.11 Å². The Kier molecular flexibility index (Phi) is 5.07. The van der Waals surface area contributed by atoms with Gasteiger partial charge >= 0.3 is 5.97 Å². The van der Waals surface area contributed by atoms with Crippen molar-refractivity contribution in [2.24, 2.45) is 11.8 Å². The molecule has 2 aliphatic carbocycles. The molecule has 0 spiro atoms. The van der Waals surface area contributed by atoms with Crippen LogP contribution >= 0.6 is 0 Å². The number of nitrogens with zero attached hydrogens (tertiary/aromatic N) is 1. The molecule has 5 heteroatoms. The third kappa shape index (κ3) is 3.71. The van der Waals surface area contributed by atoms with Gasteiger partial charge in [0.15, 0.2) is 0 Å². The molecule has 2 aliphatic rings. The van der Waals surface area contributed by atoms with Crippen molar-refractivity contribution >= 4 is 11.9 Å². The number of carbonyl (C=O) groups excluding carboxylic acids is 1. The minimum Gasteiger partial charge on any atom is -0.496 e. The normalized spacial score (nSPS) is 23.5. The highest BCUT2D eigenvalue weighted by Crippen LogP contribution is 2.36. The maximum Gasteiger partial charge on any atom is 0.306 e. The van der Waals surface area contributed by atoms with Crippen LogP contribution in [-0.2, 0) is 16.1 Å². The number of ether oxygens (including phenoxy) is 1. The van der Waals surface area contributed by atoms with Gasteiger partial charge in [0.05, 0.1) is 13.0 Å². The van der Waals surface area contributed by atoms with Gasteiger partial charge in [0.1, 0.15) is 5.75 Å². The number of rotatable bonds is 6. The van der Waals surface area contributed by atoms with Crippen LogP contribution in [0.15, 0.2) is 24.3 Å². The molecule has 3 rings (SSSR count). The topological polar surface area (TPSA) is 66.8 Å². The van der Waals surface area contributed by atoms with Crippen molar-refractivity contribution in [2.45, 2.75) is 51.1 Å². The van der Waals surface area contributed by atoms with Gasteiger partial charge < -0.3 is 14.7 Å². The number of carboxylic acid groups (broad SMARTS) is 1. The van der Waals surface area contributed by atoms with Crippen LogP contribution in [0.4, 0.5) is 0 Å². The molecule has 0 radical (unpaired) electrons. The maximum atomic E-state index is 13.0. The van der Waals surface area contributed by atoms with E-state index in [-0.39, 0.29) is 17.7 Å². The van der Waals surface area contributed by atoms with Crippen molar-refractivity contribution in [2.75, 3.05) is 7.11 Å². The summed E-state index contributed by atoms with van der Waals surface area (Å²) in [7, 11) is 1.65. The second kappa shape index (κ2) is 7.24. The predicted octanol–water partition coefficient (Wildman–Crippen LogP) is 3.08. The molecule has 2 saturated carbocycles. The average Bonchev–Trinajstić information content (AvgIpc) is 3.44. The summed E-state index contributed by atoms with van der Waals surface area (Å²) in [6, 6.07) is 8.15. The minimum absolute atomic E-state index is 0.0316. The summed E-state index contributed by atoms with van der Waals surface area (Å²) >= 11 is 0. The van der Waals surface area contributed by atoms with Crippen LogP contribution in [0, 0.1) is 11.8 Å². The third-order valence-electron chi connectivity index (χ3n) is 5.23. The van der Waals surface area contributed by atoms with Gasteiger partial charge in [0, 0.05) is 24.1 Å². The molecule has 0 heterocycles. The van der Waals surface area contributed by atoms with E-state index in [9.17, 15) is 9.59 Å². The van der Waals surface area contributed by atoms with Crippen molar-refractivity contribution in [1.29, 1.82) is 0 Å². The molecular weight excluding hydrogens is 306 g/mol. The number of hydrogen-bond acceptors (Lipinski definition) is 3. The Morgan fingerprint density at radius 2 is 1.71 bits per heavy atom. The van der Waals surface area contributed by atoms with E-state index in [1.807, 2.05) is 29.2 Å². The zero-order valence-corrected chi connectivity index (χ0v) is 14.1. The van der Waals surface area contributed by atoms with Crippen LogP contribution in [0.1, 0.15) is 44.1 Å². The van der Waals surface area contributed by atoms with Crippen molar-refractivity contribution in [3.05, 3.63) is 29.8 Å². The summed E-state index contributed by atoms with van der Waals surface area (Å²) in [6.07, 6.45) is 4.71. The summed E-state index contributed by atoms with van der Waals surface area (Å²) in [4.78, 5) is 26.1. The van der Waals surface area contributed by atoms with Gasteiger partial charge in [0.2, 0.25) is 5.91 Å². The molecule has 0 unspecified atom stereocenters. The molecule has 0 aromatic heterocycles. The van der Waals surface area contributed by atoms with Crippen molar-refractivity contribution in [3.63, 3.8) is 0 Å². The Labute approximate surface area is 142 Å². The molecule has 0 aliphatic heterocycles. The highest BCUT2D eigenvalue weighted by atomic mass is 16.5. The standard InChI is InChI=1S/C19H25NO4/c1-24-17-5-3-2-4-15(17)12-20(16-10-11-16)18(21)13-6-8-14(9-7-13)19(22)23/h2-5,13-14,16H,6-12H2,1H3,(H,22,23). The zero-order chi connectivity index (χ0) is 17.1. The van der Waals surface area contributed by atoms with E-state index in [2.05, 4.69) is 0 Å². The fourth-order valence-electron chi connectivity index (χ4n) is 3.61. The molecule has 0 bridgehead atoms. The van der Waals surface area contributed by atoms with Gasteiger partial charge in [-0.25, -0.2) is 0 Å². The second-order valence-electron chi connectivity index (χ2n) is 6.90. The van der Waals surface area contributed by atoms with Crippen LogP contribution in [0.2, 0.25) is 0 Å². The first-order valence-electron chi connectivity index (χ1n) is 8.75. The van der Waals surface area contributed by atoms with E-state index in [4.69, 9.17) is 9.84 Å². The lowest BCUT2D eigenvalue weighted by molar-refractivity contribution is -0.146. The monoisotopic (exact) mass is 331 g/mol. The van der Waals surface area contributed by atoms with E-state index < -0.39 is 5.97 Å². The highest BCUT2D eigenvalue weighted by molar-refractivity contribution is 5.80. The van der Waals surface area contributed by atoms with E-state index in [0.717, 1.165) is 24.2 Å². The number of methoxy groups -OCH3 is 1. The number of amides is 1. The Morgan fingerprint density at radius 1 is 1.08 bits per heavy atom. The number of benzene rings is 1. The van der Waals surface area contributed by atoms with Gasteiger partial charge in [-0.2, -0.15) is 0 Å². The minimum atomic E-state index is -0.728. The molecule has 2 fully saturated rings. The third-order valence-corrected chi connectivity index (χ3v) is 5.23. The molecule has 1 N–H and O–H groups in total. The Morgan fingerprint density at radius 3 is 2.29 bits per heavy atom. The summed E-state index contributed by atoms with van der Waals surface area (Å²) < 4.78 is 5.41. The van der Waals surface area contributed by atoms with Gasteiger partial charge in [-0.05, 0) is 44.6 Å². The summed E-state index contributed by atoms with van der Waals surface area (Å²) in [5, 5.41) is 9.11. The van der Waals surface area contributed by atoms with Crippen LogP contribution < -0.4 is 4.74 Å². The molecule has 5 nitrogen and oxygen atoms in total. The first-order valence-corrected chi connectivity index (χ1v) is 8.75. The second-order valence-corrected chi connectivity index (χ2v) is 6.90. The Hall–Kier alpha value is -2.04. The number of para-hydroxylation sites is 1. The van der Waals surface area contributed by atoms with Crippen LogP contribution in [0.3, 0.4) is 0 Å². The molecule has 0 atom stereocenters. The average molecular weight is 331 g/mol. The molecule has 130 valence electrons. The fraction of sp³-hybridized carbons (Fsp3) is 0.579. The first-order chi connectivity index (χ1) is 11.6. The first kappa shape index (κ1) is 16.8. The predicted molar refractivity (Wildman–Crippen MR) is 89.6 cm³/mol. The summed E-state index contributed by atoms with van der Waals surface area (Å²) in [5.41, 5.74) is 1.03. The van der Waals surface area contributed by atoms with Gasteiger partial charge in [0.25, 0.3) is 0 Å². The quantitative estimate of drug-likeness (QED) is 0.870. The summed E-state index contributed by atoms with van der Waals surface area (Å²) in [6.45, 7) is 0.576. The molecule has 1 aromatic rings. The van der Waals surface area contributed by atoms with Crippen LogP contribution in [0.5, 0.6) is 5.75 Å².